The smallest absolute Gasteiger partial charge is 0.181 e. The Morgan fingerprint density at radius 1 is 1.44 bits per heavy atom. The van der Waals surface area contributed by atoms with Crippen molar-refractivity contribution in [1.29, 1.82) is 10.5 Å². The maximum absolute atomic E-state index is 8.65. The summed E-state index contributed by atoms with van der Waals surface area (Å²) in [5, 5.41) is 24.9. The number of nitriles is 2. The van der Waals surface area contributed by atoms with Crippen molar-refractivity contribution in [3.05, 3.63) is 0 Å². The van der Waals surface area contributed by atoms with E-state index >= 15 is 0 Å². The van der Waals surface area contributed by atoms with E-state index in [4.69, 9.17) is 15.6 Å². The van der Waals surface area contributed by atoms with Crippen molar-refractivity contribution in [1.82, 2.24) is 0 Å². The lowest BCUT2D eigenvalue weighted by molar-refractivity contribution is 0.233. The van der Waals surface area contributed by atoms with Gasteiger partial charge in [0.2, 0.25) is 0 Å². The van der Waals surface area contributed by atoms with Crippen molar-refractivity contribution in [2.75, 3.05) is 0 Å². The van der Waals surface area contributed by atoms with E-state index in [2.05, 4.69) is 25.3 Å². The number of thiol groups is 2. The Morgan fingerprint density at radius 3 is 2.00 bits per heavy atom. The summed E-state index contributed by atoms with van der Waals surface area (Å²) in [4.78, 5) is 0. The highest BCUT2D eigenvalue weighted by Crippen LogP contribution is 2.22. The van der Waals surface area contributed by atoms with Gasteiger partial charge in [0.05, 0.1) is 12.1 Å². The first-order valence-corrected chi connectivity index (χ1v) is 2.87. The summed E-state index contributed by atoms with van der Waals surface area (Å²) in [6.45, 7) is 0. The fourth-order valence-electron chi connectivity index (χ4n) is 0.151. The first-order chi connectivity index (χ1) is 4.04. The highest BCUT2D eigenvalue weighted by molar-refractivity contribution is 8.01. The second kappa shape index (κ2) is 2.98. The highest BCUT2D eigenvalue weighted by Gasteiger charge is 2.29. The third-order valence-electron chi connectivity index (χ3n) is 0.668. The van der Waals surface area contributed by atoms with Crippen LogP contribution in [0.15, 0.2) is 0 Å². The lowest BCUT2D eigenvalue weighted by atomic mass is 10.3. The summed E-state index contributed by atoms with van der Waals surface area (Å²) in [5.41, 5.74) is 0. The van der Waals surface area contributed by atoms with Crippen LogP contribution >= 0.6 is 25.3 Å². The predicted molar refractivity (Wildman–Crippen MR) is 37.9 cm³/mol. The van der Waals surface area contributed by atoms with Gasteiger partial charge >= 0.3 is 0 Å². The number of rotatable bonds is 1. The van der Waals surface area contributed by atoms with Gasteiger partial charge in [-0.05, 0) is 0 Å². The molecule has 0 amide bonds. The zero-order chi connectivity index (χ0) is 7.49. The molecule has 0 aromatic heterocycles. The van der Waals surface area contributed by atoms with Crippen LogP contribution in [0.2, 0.25) is 0 Å². The molecule has 1 atom stereocenters. The number of nitrogens with zero attached hydrogens (tertiary/aromatic N) is 2. The Balaban J connectivity index is 4.23. The van der Waals surface area contributed by atoms with Gasteiger partial charge in [-0.25, -0.2) is 0 Å². The number of aliphatic hydroxyl groups excluding tert-OH is 1. The Morgan fingerprint density at radius 2 is 1.89 bits per heavy atom. The molecule has 5 heteroatoms. The quantitative estimate of drug-likeness (QED) is 0.286. The summed E-state index contributed by atoms with van der Waals surface area (Å²) >= 11 is 7.18. The van der Waals surface area contributed by atoms with E-state index in [-0.39, 0.29) is 0 Å². The molecule has 0 rings (SSSR count). The standard InChI is InChI=1S/C4H4N2OS2/c5-1-3(7)4(8,9)2-6/h3,7-9H. The van der Waals surface area contributed by atoms with Gasteiger partial charge in [0.25, 0.3) is 0 Å². The fourth-order valence-corrected chi connectivity index (χ4v) is 0.267. The summed E-state index contributed by atoms with van der Waals surface area (Å²) in [5.74, 6) is 0. The van der Waals surface area contributed by atoms with Crippen LogP contribution in [0, 0.1) is 22.7 Å². The minimum absolute atomic E-state index is 1.44. The van der Waals surface area contributed by atoms with Gasteiger partial charge in [0, 0.05) is 0 Å². The summed E-state index contributed by atoms with van der Waals surface area (Å²) < 4.78 is -1.56. The molecule has 0 aliphatic heterocycles. The van der Waals surface area contributed by atoms with E-state index in [0.29, 0.717) is 0 Å². The van der Waals surface area contributed by atoms with E-state index < -0.39 is 10.2 Å². The molecule has 0 heterocycles. The van der Waals surface area contributed by atoms with Crippen LogP contribution in [-0.2, 0) is 0 Å². The van der Waals surface area contributed by atoms with Crippen LogP contribution < -0.4 is 0 Å². The molecule has 0 aromatic carbocycles. The minimum Gasteiger partial charge on any atom is -0.375 e. The molecule has 3 nitrogen and oxygen atoms in total. The molecule has 48 valence electrons. The number of hydrogen-bond acceptors (Lipinski definition) is 5. The third kappa shape index (κ3) is 2.15. The molecule has 0 spiro atoms. The van der Waals surface area contributed by atoms with Crippen LogP contribution in [-0.4, -0.2) is 15.3 Å². The van der Waals surface area contributed by atoms with Crippen molar-refractivity contribution in [2.24, 2.45) is 0 Å². The molecule has 0 bridgehead atoms. The topological polar surface area (TPSA) is 67.8 Å². The second-order valence-corrected chi connectivity index (χ2v) is 3.13. The largest absolute Gasteiger partial charge is 0.375 e. The zero-order valence-electron chi connectivity index (χ0n) is 4.31. The first kappa shape index (κ1) is 8.64. The molecule has 0 radical (unpaired) electrons. The van der Waals surface area contributed by atoms with Crippen LogP contribution in [0.25, 0.3) is 0 Å². The average molecular weight is 160 g/mol. The molecular weight excluding hydrogens is 156 g/mol. The second-order valence-electron chi connectivity index (χ2n) is 1.37. The van der Waals surface area contributed by atoms with Gasteiger partial charge in [0.1, 0.15) is 0 Å². The van der Waals surface area contributed by atoms with Crippen LogP contribution in [0.5, 0.6) is 0 Å². The Hall–Kier alpha value is -0.360. The van der Waals surface area contributed by atoms with Crippen LogP contribution in [0.3, 0.4) is 0 Å². The molecule has 0 saturated heterocycles. The molecule has 0 saturated carbocycles. The predicted octanol–water partition coefficient (Wildman–Crippen LogP) is -0.0496. The SMILES string of the molecule is N#CC(O)C(S)(S)C#N. The molecule has 0 aromatic rings. The molecule has 9 heavy (non-hydrogen) atoms. The first-order valence-electron chi connectivity index (χ1n) is 1.98. The lowest BCUT2D eigenvalue weighted by Gasteiger charge is -2.12. The van der Waals surface area contributed by atoms with Gasteiger partial charge in [0.15, 0.2) is 10.2 Å². The normalized spacial score (nSPS) is 13.4. The molecule has 0 aliphatic carbocycles. The highest BCUT2D eigenvalue weighted by atomic mass is 32.2. The maximum Gasteiger partial charge on any atom is 0.181 e. The molecule has 1 unspecified atom stereocenters. The van der Waals surface area contributed by atoms with E-state index in [1.54, 1.807) is 6.07 Å². The minimum atomic E-state index is -1.56. The Kier molecular flexibility index (Phi) is 2.86. The van der Waals surface area contributed by atoms with Gasteiger partial charge in [-0.1, -0.05) is 0 Å². The van der Waals surface area contributed by atoms with Crippen molar-refractivity contribution < 1.29 is 5.11 Å². The summed E-state index contributed by atoms with van der Waals surface area (Å²) in [6, 6.07) is 2.98. The van der Waals surface area contributed by atoms with Crippen LogP contribution in [0.4, 0.5) is 0 Å². The summed E-state index contributed by atoms with van der Waals surface area (Å²) in [7, 11) is 0. The van der Waals surface area contributed by atoms with E-state index in [0.717, 1.165) is 0 Å². The van der Waals surface area contributed by atoms with Crippen molar-refractivity contribution in [3.8, 4) is 12.1 Å². The Bertz CT molecular complexity index is 178. The van der Waals surface area contributed by atoms with Crippen LogP contribution in [0.1, 0.15) is 0 Å². The lowest BCUT2D eigenvalue weighted by Crippen LogP contribution is -2.27. The van der Waals surface area contributed by atoms with Gasteiger partial charge in [-0.3, -0.25) is 0 Å². The summed E-state index contributed by atoms with van der Waals surface area (Å²) in [6.07, 6.45) is -1.46. The molecule has 0 aliphatic rings. The van der Waals surface area contributed by atoms with Gasteiger partial charge in [-0.15, -0.1) is 25.3 Å². The van der Waals surface area contributed by atoms with Crippen molar-refractivity contribution >= 4 is 25.3 Å². The van der Waals surface area contributed by atoms with Crippen molar-refractivity contribution in [2.45, 2.75) is 10.2 Å². The average Bonchev–Trinajstić information content (AvgIpc) is 1.86. The molecular formula is C4H4N2OS2. The van der Waals surface area contributed by atoms with Gasteiger partial charge in [-0.2, -0.15) is 10.5 Å². The van der Waals surface area contributed by atoms with E-state index in [1.165, 1.54) is 6.07 Å². The molecule has 1 N–H and O–H groups in total. The third-order valence-corrected chi connectivity index (χ3v) is 1.36. The number of aliphatic hydroxyl groups is 1. The molecule has 0 fully saturated rings. The van der Waals surface area contributed by atoms with Gasteiger partial charge < -0.3 is 5.11 Å². The monoisotopic (exact) mass is 160 g/mol. The number of hydrogen-bond donors (Lipinski definition) is 3. The van der Waals surface area contributed by atoms with Crippen molar-refractivity contribution in [3.63, 3.8) is 0 Å². The van der Waals surface area contributed by atoms with E-state index in [1.807, 2.05) is 0 Å². The fraction of sp³-hybridized carbons (Fsp3) is 0.500. The van der Waals surface area contributed by atoms with E-state index in [9.17, 15) is 0 Å². The maximum atomic E-state index is 8.65. The zero-order valence-corrected chi connectivity index (χ0v) is 6.10. The Labute approximate surface area is 63.7 Å².